The van der Waals surface area contributed by atoms with E-state index < -0.39 is 4.92 Å². The first-order valence-corrected chi connectivity index (χ1v) is 9.28. The van der Waals surface area contributed by atoms with Crippen molar-refractivity contribution in [1.29, 1.82) is 0 Å². The molecular formula is C19H26N6O2. The lowest BCUT2D eigenvalue weighted by molar-refractivity contribution is -0.385. The van der Waals surface area contributed by atoms with E-state index in [0.717, 1.165) is 36.8 Å². The lowest BCUT2D eigenvalue weighted by Crippen LogP contribution is -2.27. The van der Waals surface area contributed by atoms with Gasteiger partial charge in [-0.1, -0.05) is 29.8 Å². The molecule has 144 valence electrons. The summed E-state index contributed by atoms with van der Waals surface area (Å²) in [6, 6.07) is 8.31. The normalized spacial score (nSPS) is 19.6. The van der Waals surface area contributed by atoms with E-state index >= 15 is 0 Å². The topological polar surface area (TPSA) is 133 Å². The number of hydrogen-bond donors (Lipinski definition) is 3. The first-order valence-electron chi connectivity index (χ1n) is 9.28. The van der Waals surface area contributed by atoms with E-state index in [9.17, 15) is 10.1 Å². The molecule has 0 atom stereocenters. The van der Waals surface area contributed by atoms with E-state index in [4.69, 9.17) is 11.5 Å². The van der Waals surface area contributed by atoms with Crippen molar-refractivity contribution in [2.45, 2.75) is 51.6 Å². The molecule has 0 amide bonds. The molecule has 0 spiro atoms. The summed E-state index contributed by atoms with van der Waals surface area (Å²) in [6.07, 6.45) is 4.31. The van der Waals surface area contributed by atoms with Gasteiger partial charge in [0.1, 0.15) is 5.69 Å². The zero-order valence-electron chi connectivity index (χ0n) is 15.5. The maximum absolute atomic E-state index is 11.5. The van der Waals surface area contributed by atoms with E-state index in [1.165, 1.54) is 0 Å². The van der Waals surface area contributed by atoms with E-state index in [1.807, 2.05) is 25.1 Å². The van der Waals surface area contributed by atoms with Gasteiger partial charge in [-0.25, -0.2) is 4.98 Å². The Morgan fingerprint density at radius 3 is 2.67 bits per heavy atom. The van der Waals surface area contributed by atoms with E-state index in [2.05, 4.69) is 21.4 Å². The van der Waals surface area contributed by atoms with Crippen LogP contribution in [-0.4, -0.2) is 20.9 Å². The molecule has 0 aliphatic heterocycles. The molecule has 0 unspecified atom stereocenters. The number of benzene rings is 1. The minimum absolute atomic E-state index is 0.0933. The average molecular weight is 370 g/mol. The molecule has 1 aliphatic carbocycles. The Bertz CT molecular complexity index is 818. The van der Waals surface area contributed by atoms with Gasteiger partial charge in [-0.15, -0.1) is 0 Å². The standard InChI is InChI=1S/C19H26N6O2/c1-12-3-2-4-14(9-12)11-22-19-23-16(17(25(26)27)18(21)24-19)10-13-5-7-15(20)8-6-13/h2-4,9,13,15H,5-8,10-11,20H2,1H3,(H3,21,22,23,24)/t13-,15-. The molecule has 0 bridgehead atoms. The molecule has 1 saturated carbocycles. The lowest BCUT2D eigenvalue weighted by atomic mass is 9.83. The molecule has 5 N–H and O–H groups in total. The molecule has 27 heavy (non-hydrogen) atoms. The van der Waals surface area contributed by atoms with Gasteiger partial charge in [0, 0.05) is 12.6 Å². The molecule has 2 aromatic rings. The Hall–Kier alpha value is -2.74. The fourth-order valence-corrected chi connectivity index (χ4v) is 3.61. The van der Waals surface area contributed by atoms with Crippen LogP contribution in [0, 0.1) is 23.0 Å². The zero-order valence-corrected chi connectivity index (χ0v) is 15.5. The summed E-state index contributed by atoms with van der Waals surface area (Å²) in [4.78, 5) is 19.5. The van der Waals surface area contributed by atoms with Gasteiger partial charge in [-0.3, -0.25) is 10.1 Å². The number of anilines is 2. The van der Waals surface area contributed by atoms with Crippen molar-refractivity contribution in [1.82, 2.24) is 9.97 Å². The average Bonchev–Trinajstić information content (AvgIpc) is 2.61. The zero-order chi connectivity index (χ0) is 19.4. The van der Waals surface area contributed by atoms with Gasteiger partial charge < -0.3 is 16.8 Å². The summed E-state index contributed by atoms with van der Waals surface area (Å²) >= 11 is 0. The predicted molar refractivity (Wildman–Crippen MR) is 105 cm³/mol. The minimum Gasteiger partial charge on any atom is -0.378 e. The molecule has 1 aliphatic rings. The number of hydrogen-bond acceptors (Lipinski definition) is 7. The number of nitrogen functional groups attached to an aromatic ring is 1. The van der Waals surface area contributed by atoms with E-state index in [0.29, 0.717) is 30.5 Å². The van der Waals surface area contributed by atoms with Crippen LogP contribution < -0.4 is 16.8 Å². The summed E-state index contributed by atoms with van der Waals surface area (Å²) in [5, 5.41) is 14.6. The van der Waals surface area contributed by atoms with Crippen LogP contribution in [0.5, 0.6) is 0 Å². The predicted octanol–water partition coefficient (Wildman–Crippen LogP) is 2.95. The van der Waals surface area contributed by atoms with Gasteiger partial charge in [0.2, 0.25) is 11.8 Å². The van der Waals surface area contributed by atoms with Crippen LogP contribution in [0.2, 0.25) is 0 Å². The molecular weight excluding hydrogens is 344 g/mol. The minimum atomic E-state index is -0.483. The number of nitro groups is 1. The summed E-state index contributed by atoms with van der Waals surface area (Å²) in [7, 11) is 0. The van der Waals surface area contributed by atoms with Crippen molar-refractivity contribution in [3.63, 3.8) is 0 Å². The molecule has 1 aromatic heterocycles. The molecule has 1 fully saturated rings. The van der Waals surface area contributed by atoms with Crippen LogP contribution in [0.1, 0.15) is 42.5 Å². The highest BCUT2D eigenvalue weighted by atomic mass is 16.6. The Morgan fingerprint density at radius 1 is 1.26 bits per heavy atom. The van der Waals surface area contributed by atoms with Crippen molar-refractivity contribution >= 4 is 17.5 Å². The number of aryl methyl sites for hydroxylation is 1. The van der Waals surface area contributed by atoms with Crippen molar-refractivity contribution < 1.29 is 4.92 Å². The van der Waals surface area contributed by atoms with Crippen LogP contribution in [0.25, 0.3) is 0 Å². The fourth-order valence-electron chi connectivity index (χ4n) is 3.61. The van der Waals surface area contributed by atoms with Gasteiger partial charge >= 0.3 is 5.69 Å². The summed E-state index contributed by atoms with van der Waals surface area (Å²) in [6.45, 7) is 2.55. The van der Waals surface area contributed by atoms with Crippen LogP contribution in [-0.2, 0) is 13.0 Å². The SMILES string of the molecule is Cc1cccc(CNc2nc(N)c([N+](=O)[O-])c(C[C@H]3CC[C@H](N)CC3)n2)c1. The third-order valence-corrected chi connectivity index (χ3v) is 5.07. The Morgan fingerprint density at radius 2 is 2.00 bits per heavy atom. The smallest absolute Gasteiger partial charge is 0.332 e. The van der Waals surface area contributed by atoms with Crippen molar-refractivity contribution in [3.8, 4) is 0 Å². The molecule has 8 nitrogen and oxygen atoms in total. The second-order valence-electron chi connectivity index (χ2n) is 7.31. The van der Waals surface area contributed by atoms with Gasteiger partial charge in [-0.2, -0.15) is 4.98 Å². The number of nitrogens with zero attached hydrogens (tertiary/aromatic N) is 3. The van der Waals surface area contributed by atoms with Crippen LogP contribution in [0.4, 0.5) is 17.5 Å². The maximum atomic E-state index is 11.5. The number of aromatic nitrogens is 2. The largest absolute Gasteiger partial charge is 0.378 e. The quantitative estimate of drug-likeness (QED) is 0.526. The lowest BCUT2D eigenvalue weighted by Gasteiger charge is -2.25. The van der Waals surface area contributed by atoms with Crippen molar-refractivity contribution in [2.75, 3.05) is 11.1 Å². The number of rotatable bonds is 6. The molecule has 8 heteroatoms. The molecule has 1 aromatic carbocycles. The highest BCUT2D eigenvalue weighted by Crippen LogP contribution is 2.31. The van der Waals surface area contributed by atoms with Crippen LogP contribution in [0.3, 0.4) is 0 Å². The third kappa shape index (κ3) is 4.91. The van der Waals surface area contributed by atoms with E-state index in [-0.39, 0.29) is 17.5 Å². The Kier molecular flexibility index (Phi) is 5.85. The molecule has 1 heterocycles. The Balaban J connectivity index is 1.79. The number of nitrogens with two attached hydrogens (primary N) is 2. The maximum Gasteiger partial charge on any atom is 0.332 e. The third-order valence-electron chi connectivity index (χ3n) is 5.07. The molecule has 3 rings (SSSR count). The highest BCUT2D eigenvalue weighted by Gasteiger charge is 2.27. The first kappa shape index (κ1) is 19.0. The molecule has 0 saturated heterocycles. The van der Waals surface area contributed by atoms with E-state index in [1.54, 1.807) is 0 Å². The molecule has 0 radical (unpaired) electrons. The van der Waals surface area contributed by atoms with Crippen molar-refractivity contribution in [3.05, 3.63) is 51.2 Å². The van der Waals surface area contributed by atoms with Gasteiger partial charge in [0.15, 0.2) is 0 Å². The van der Waals surface area contributed by atoms with Crippen LogP contribution in [0.15, 0.2) is 24.3 Å². The van der Waals surface area contributed by atoms with Gasteiger partial charge in [0.25, 0.3) is 0 Å². The summed E-state index contributed by atoms with van der Waals surface area (Å²) in [5.41, 5.74) is 14.3. The summed E-state index contributed by atoms with van der Waals surface area (Å²) in [5.74, 6) is 0.564. The van der Waals surface area contributed by atoms with Gasteiger partial charge in [0.05, 0.1) is 4.92 Å². The van der Waals surface area contributed by atoms with Crippen molar-refractivity contribution in [2.24, 2.45) is 11.7 Å². The van der Waals surface area contributed by atoms with Crippen LogP contribution >= 0.6 is 0 Å². The second kappa shape index (κ2) is 8.30. The Labute approximate surface area is 158 Å². The fraction of sp³-hybridized carbons (Fsp3) is 0.474. The second-order valence-corrected chi connectivity index (χ2v) is 7.31. The summed E-state index contributed by atoms with van der Waals surface area (Å²) < 4.78 is 0. The monoisotopic (exact) mass is 370 g/mol. The highest BCUT2D eigenvalue weighted by molar-refractivity contribution is 5.58. The first-order chi connectivity index (χ1) is 12.9. The van der Waals surface area contributed by atoms with Gasteiger partial charge in [-0.05, 0) is 50.5 Å². The number of nitrogens with one attached hydrogen (secondary N) is 1.